The van der Waals surface area contributed by atoms with Gasteiger partial charge in [0, 0.05) is 25.7 Å². The number of allylic oxidation sites excluding steroid dienone is 4. The van der Waals surface area contributed by atoms with E-state index in [4.69, 9.17) is 0 Å². The average Bonchev–Trinajstić information content (AvgIpc) is 2.49. The Labute approximate surface area is 119 Å². The van der Waals surface area contributed by atoms with Crippen LogP contribution in [0.1, 0.15) is 49.7 Å². The van der Waals surface area contributed by atoms with Crippen molar-refractivity contribution in [2.75, 3.05) is 0 Å². The Morgan fingerprint density at radius 1 is 0.600 bits per heavy atom. The molecule has 0 amide bonds. The maximum atomic E-state index is 11.2. The van der Waals surface area contributed by atoms with Crippen molar-refractivity contribution in [2.24, 2.45) is 0 Å². The van der Waals surface area contributed by atoms with Crippen LogP contribution in [0, 0.1) is 0 Å². The third kappa shape index (κ3) is 2.79. The Morgan fingerprint density at radius 2 is 1.00 bits per heavy atom. The predicted octanol–water partition coefficient (Wildman–Crippen LogP) is 3.96. The van der Waals surface area contributed by atoms with E-state index in [0.29, 0.717) is 37.2 Å². The van der Waals surface area contributed by atoms with Crippen molar-refractivity contribution in [3.8, 4) is 0 Å². The molecule has 0 aromatic heterocycles. The second kappa shape index (κ2) is 5.58. The molecule has 2 aliphatic carbocycles. The molecule has 1 aromatic rings. The number of Topliss-reactive ketones (excluding diaryl/α,β-unsaturated/α-hetero) is 2. The van der Waals surface area contributed by atoms with Gasteiger partial charge in [-0.25, -0.2) is 0 Å². The van der Waals surface area contributed by atoms with Crippen LogP contribution in [0.15, 0.2) is 36.4 Å². The molecule has 0 radical (unpaired) electrons. The lowest BCUT2D eigenvalue weighted by atomic mass is 9.89. The summed E-state index contributed by atoms with van der Waals surface area (Å²) in [7, 11) is 0. The first-order chi connectivity index (χ1) is 9.72. The highest BCUT2D eigenvalue weighted by atomic mass is 16.1. The molecule has 0 fully saturated rings. The summed E-state index contributed by atoms with van der Waals surface area (Å²) in [5, 5.41) is 0. The van der Waals surface area contributed by atoms with Crippen LogP contribution in [0.3, 0.4) is 0 Å². The SMILES string of the molecule is O=C1CC=C(c2ccc(C3=CCC(=O)CC3)cc2)CC1. The Balaban J connectivity index is 1.78. The van der Waals surface area contributed by atoms with Crippen LogP contribution < -0.4 is 0 Å². The second-order valence-corrected chi connectivity index (χ2v) is 5.52. The molecule has 1 aromatic carbocycles. The molecule has 0 aliphatic heterocycles. The number of rotatable bonds is 2. The van der Waals surface area contributed by atoms with Gasteiger partial charge in [-0.15, -0.1) is 0 Å². The van der Waals surface area contributed by atoms with Gasteiger partial charge in [-0.1, -0.05) is 36.4 Å². The van der Waals surface area contributed by atoms with Gasteiger partial charge in [0.2, 0.25) is 0 Å². The molecule has 0 heterocycles. The van der Waals surface area contributed by atoms with Gasteiger partial charge >= 0.3 is 0 Å². The molecule has 3 rings (SSSR count). The zero-order valence-electron chi connectivity index (χ0n) is 11.5. The Hall–Kier alpha value is -1.96. The molecular weight excluding hydrogens is 248 g/mol. The van der Waals surface area contributed by atoms with Crippen LogP contribution in [0.5, 0.6) is 0 Å². The standard InChI is InChI=1S/C18H18O2/c19-17-9-5-15(6-10-17)13-1-2-14(4-3-13)16-7-11-18(20)12-8-16/h1-5,7H,6,8-12H2. The molecule has 20 heavy (non-hydrogen) atoms. The van der Waals surface area contributed by atoms with E-state index in [-0.39, 0.29) is 0 Å². The van der Waals surface area contributed by atoms with Crippen LogP contribution in [0.25, 0.3) is 11.1 Å². The zero-order valence-corrected chi connectivity index (χ0v) is 11.5. The quantitative estimate of drug-likeness (QED) is 0.812. The van der Waals surface area contributed by atoms with Crippen LogP contribution >= 0.6 is 0 Å². The molecule has 2 nitrogen and oxygen atoms in total. The Morgan fingerprint density at radius 3 is 1.30 bits per heavy atom. The fraction of sp³-hybridized carbons (Fsp3) is 0.333. The lowest BCUT2D eigenvalue weighted by Crippen LogP contribution is -2.04. The minimum Gasteiger partial charge on any atom is -0.299 e. The summed E-state index contributed by atoms with van der Waals surface area (Å²) in [5.41, 5.74) is 5.00. The number of carbonyl (C=O) groups excluding carboxylic acids is 2. The number of carbonyl (C=O) groups is 2. The normalized spacial score (nSPS) is 19.6. The predicted molar refractivity (Wildman–Crippen MR) is 80.1 cm³/mol. The van der Waals surface area contributed by atoms with Gasteiger partial charge < -0.3 is 0 Å². The summed E-state index contributed by atoms with van der Waals surface area (Å²) in [6.07, 6.45) is 8.31. The topological polar surface area (TPSA) is 34.1 Å². The van der Waals surface area contributed by atoms with Crippen molar-refractivity contribution in [3.05, 3.63) is 47.5 Å². The third-order valence-electron chi connectivity index (χ3n) is 4.13. The van der Waals surface area contributed by atoms with Gasteiger partial charge in [-0.3, -0.25) is 9.59 Å². The van der Waals surface area contributed by atoms with Crippen molar-refractivity contribution in [1.82, 2.24) is 0 Å². The molecule has 102 valence electrons. The van der Waals surface area contributed by atoms with Crippen molar-refractivity contribution in [2.45, 2.75) is 38.5 Å². The lowest BCUT2D eigenvalue weighted by molar-refractivity contribution is -0.119. The smallest absolute Gasteiger partial charge is 0.137 e. The first-order valence-electron chi connectivity index (χ1n) is 7.24. The van der Waals surface area contributed by atoms with Crippen LogP contribution in [-0.2, 0) is 9.59 Å². The first-order valence-corrected chi connectivity index (χ1v) is 7.24. The summed E-state index contributed by atoms with van der Waals surface area (Å²) in [5.74, 6) is 0.671. The molecule has 0 N–H and O–H groups in total. The van der Waals surface area contributed by atoms with Crippen molar-refractivity contribution in [1.29, 1.82) is 0 Å². The Kier molecular flexibility index (Phi) is 3.64. The molecule has 2 heteroatoms. The molecule has 0 spiro atoms. The van der Waals surface area contributed by atoms with Crippen LogP contribution in [0.2, 0.25) is 0 Å². The molecular formula is C18H18O2. The number of hydrogen-bond acceptors (Lipinski definition) is 2. The van der Waals surface area contributed by atoms with E-state index in [1.807, 2.05) is 0 Å². The number of ketones is 2. The van der Waals surface area contributed by atoms with Gasteiger partial charge in [-0.05, 0) is 35.1 Å². The van der Waals surface area contributed by atoms with Gasteiger partial charge in [0.25, 0.3) is 0 Å². The van der Waals surface area contributed by atoms with E-state index in [1.54, 1.807) is 0 Å². The monoisotopic (exact) mass is 266 g/mol. The van der Waals surface area contributed by atoms with E-state index < -0.39 is 0 Å². The van der Waals surface area contributed by atoms with Crippen LogP contribution in [-0.4, -0.2) is 11.6 Å². The number of hydrogen-bond donors (Lipinski definition) is 0. The molecule has 0 atom stereocenters. The van der Waals surface area contributed by atoms with E-state index in [9.17, 15) is 9.59 Å². The van der Waals surface area contributed by atoms with Crippen molar-refractivity contribution in [3.63, 3.8) is 0 Å². The summed E-state index contributed by atoms with van der Waals surface area (Å²) < 4.78 is 0. The first kappa shape index (κ1) is 13.0. The minimum atomic E-state index is 0.336. The maximum Gasteiger partial charge on any atom is 0.137 e. The lowest BCUT2D eigenvalue weighted by Gasteiger charge is -2.15. The van der Waals surface area contributed by atoms with Gasteiger partial charge in [0.1, 0.15) is 11.6 Å². The Bertz CT molecular complexity index is 548. The third-order valence-corrected chi connectivity index (χ3v) is 4.13. The molecule has 0 unspecified atom stereocenters. The number of benzene rings is 1. The van der Waals surface area contributed by atoms with Crippen LogP contribution in [0.4, 0.5) is 0 Å². The molecule has 2 aliphatic rings. The van der Waals surface area contributed by atoms with Crippen molar-refractivity contribution >= 4 is 22.7 Å². The highest BCUT2D eigenvalue weighted by Gasteiger charge is 2.14. The highest BCUT2D eigenvalue weighted by Crippen LogP contribution is 2.29. The minimum absolute atomic E-state index is 0.336. The largest absolute Gasteiger partial charge is 0.299 e. The average molecular weight is 266 g/mol. The fourth-order valence-electron chi connectivity index (χ4n) is 2.85. The van der Waals surface area contributed by atoms with Gasteiger partial charge in [0.15, 0.2) is 0 Å². The maximum absolute atomic E-state index is 11.2. The van der Waals surface area contributed by atoms with Crippen molar-refractivity contribution < 1.29 is 9.59 Å². The molecule has 0 bridgehead atoms. The van der Waals surface area contributed by atoms with Gasteiger partial charge in [0.05, 0.1) is 0 Å². The second-order valence-electron chi connectivity index (χ2n) is 5.52. The fourth-order valence-corrected chi connectivity index (χ4v) is 2.85. The van der Waals surface area contributed by atoms with E-state index in [1.165, 1.54) is 22.3 Å². The molecule has 0 saturated carbocycles. The van der Waals surface area contributed by atoms with Gasteiger partial charge in [-0.2, -0.15) is 0 Å². The zero-order chi connectivity index (χ0) is 13.9. The van der Waals surface area contributed by atoms with E-state index >= 15 is 0 Å². The summed E-state index contributed by atoms with van der Waals surface area (Å²) in [6, 6.07) is 8.53. The summed E-state index contributed by atoms with van der Waals surface area (Å²) in [6.45, 7) is 0. The molecule has 0 saturated heterocycles. The van der Waals surface area contributed by atoms with E-state index in [0.717, 1.165) is 12.8 Å². The van der Waals surface area contributed by atoms with E-state index in [2.05, 4.69) is 36.4 Å². The summed E-state index contributed by atoms with van der Waals surface area (Å²) >= 11 is 0. The summed E-state index contributed by atoms with van der Waals surface area (Å²) in [4.78, 5) is 22.5. The highest BCUT2D eigenvalue weighted by molar-refractivity contribution is 5.88.